The van der Waals surface area contributed by atoms with Gasteiger partial charge in [-0.3, -0.25) is 9.78 Å². The molecule has 0 spiro atoms. The zero-order valence-electron chi connectivity index (χ0n) is 11.3. The van der Waals surface area contributed by atoms with Crippen molar-refractivity contribution < 1.29 is 4.79 Å². The number of amides is 1. The van der Waals surface area contributed by atoms with Gasteiger partial charge in [0, 0.05) is 22.2 Å². The summed E-state index contributed by atoms with van der Waals surface area (Å²) in [4.78, 5) is 16.7. The molecule has 0 bridgehead atoms. The fraction of sp³-hybridized carbons (Fsp3) is 0.250. The average molecular weight is 413 g/mol. The molecular weight excluding hydrogens is 399 g/mol. The summed E-state index contributed by atoms with van der Waals surface area (Å²) in [7, 11) is 0. The number of halogens is 2. The van der Waals surface area contributed by atoms with E-state index in [0.717, 1.165) is 27.7 Å². The van der Waals surface area contributed by atoms with Crippen molar-refractivity contribution in [1.82, 2.24) is 10.3 Å². The van der Waals surface area contributed by atoms with Crippen LogP contribution in [0.1, 0.15) is 40.4 Å². The van der Waals surface area contributed by atoms with Gasteiger partial charge >= 0.3 is 0 Å². The fourth-order valence-electron chi connectivity index (χ4n) is 2.22. The second-order valence-electron chi connectivity index (χ2n) is 5.14. The number of pyridine rings is 1. The molecule has 0 atom stereocenters. The number of rotatable bonds is 4. The minimum atomic E-state index is -0.0697. The summed E-state index contributed by atoms with van der Waals surface area (Å²) < 4.78 is 1.01. The number of benzene rings is 1. The van der Waals surface area contributed by atoms with E-state index in [0.29, 0.717) is 23.0 Å². The van der Waals surface area contributed by atoms with Crippen molar-refractivity contribution in [3.05, 3.63) is 61.9 Å². The van der Waals surface area contributed by atoms with Crippen LogP contribution in [0.3, 0.4) is 0 Å². The molecule has 0 radical (unpaired) electrons. The SMILES string of the molecule is O=C(NCc1ccc(I)c(Cl)c1)c1cccnc1C1CC1. The summed E-state index contributed by atoms with van der Waals surface area (Å²) in [6.45, 7) is 0.467. The van der Waals surface area contributed by atoms with E-state index < -0.39 is 0 Å². The highest BCUT2D eigenvalue weighted by atomic mass is 127. The zero-order valence-corrected chi connectivity index (χ0v) is 14.2. The van der Waals surface area contributed by atoms with Crippen molar-refractivity contribution in [2.45, 2.75) is 25.3 Å². The van der Waals surface area contributed by atoms with Gasteiger partial charge in [0.2, 0.25) is 0 Å². The fourth-order valence-corrected chi connectivity index (χ4v) is 2.76. The molecule has 1 aromatic carbocycles. The van der Waals surface area contributed by atoms with E-state index >= 15 is 0 Å². The van der Waals surface area contributed by atoms with Gasteiger partial charge in [-0.1, -0.05) is 17.7 Å². The van der Waals surface area contributed by atoms with Gasteiger partial charge in [-0.25, -0.2) is 0 Å². The third kappa shape index (κ3) is 3.55. The van der Waals surface area contributed by atoms with Crippen LogP contribution >= 0.6 is 34.2 Å². The van der Waals surface area contributed by atoms with Gasteiger partial charge in [-0.2, -0.15) is 0 Å². The number of aromatic nitrogens is 1. The summed E-state index contributed by atoms with van der Waals surface area (Å²) in [5.41, 5.74) is 2.61. The van der Waals surface area contributed by atoms with Gasteiger partial charge in [0.1, 0.15) is 0 Å². The minimum absolute atomic E-state index is 0.0697. The minimum Gasteiger partial charge on any atom is -0.348 e. The third-order valence-corrected chi connectivity index (χ3v) is 5.06. The normalized spacial score (nSPS) is 14.0. The maximum atomic E-state index is 12.3. The lowest BCUT2D eigenvalue weighted by Gasteiger charge is -2.09. The second-order valence-corrected chi connectivity index (χ2v) is 6.71. The monoisotopic (exact) mass is 412 g/mol. The maximum Gasteiger partial charge on any atom is 0.253 e. The van der Waals surface area contributed by atoms with Crippen LogP contribution in [0.15, 0.2) is 36.5 Å². The number of carbonyl (C=O) groups is 1. The molecule has 1 aromatic heterocycles. The van der Waals surface area contributed by atoms with E-state index in [4.69, 9.17) is 11.6 Å². The number of nitrogens with one attached hydrogen (secondary N) is 1. The molecule has 1 amide bonds. The lowest BCUT2D eigenvalue weighted by molar-refractivity contribution is 0.0949. The number of hydrogen-bond acceptors (Lipinski definition) is 2. The van der Waals surface area contributed by atoms with E-state index in [1.54, 1.807) is 6.20 Å². The molecule has 1 fully saturated rings. The van der Waals surface area contributed by atoms with Crippen LogP contribution in [0.2, 0.25) is 5.02 Å². The van der Waals surface area contributed by atoms with E-state index in [1.807, 2.05) is 30.3 Å². The Balaban J connectivity index is 1.70. The van der Waals surface area contributed by atoms with E-state index in [2.05, 4.69) is 32.9 Å². The number of hydrogen-bond donors (Lipinski definition) is 1. The molecular formula is C16H14ClIN2O. The van der Waals surface area contributed by atoms with Crippen LogP contribution < -0.4 is 5.32 Å². The number of nitrogens with zero attached hydrogens (tertiary/aromatic N) is 1. The molecule has 108 valence electrons. The highest BCUT2D eigenvalue weighted by Gasteiger charge is 2.29. The third-order valence-electron chi connectivity index (χ3n) is 3.48. The first-order chi connectivity index (χ1) is 10.1. The van der Waals surface area contributed by atoms with Crippen LogP contribution in [0.25, 0.3) is 0 Å². The Morgan fingerprint density at radius 1 is 1.38 bits per heavy atom. The largest absolute Gasteiger partial charge is 0.348 e. The first kappa shape index (κ1) is 14.8. The summed E-state index contributed by atoms with van der Waals surface area (Å²) >= 11 is 8.27. The van der Waals surface area contributed by atoms with E-state index in [9.17, 15) is 4.79 Å². The van der Waals surface area contributed by atoms with Gasteiger partial charge in [0.25, 0.3) is 5.91 Å². The molecule has 1 aliphatic carbocycles. The Labute approximate surface area is 142 Å². The van der Waals surface area contributed by atoms with Gasteiger partial charge in [0.15, 0.2) is 0 Å². The average Bonchev–Trinajstić information content (AvgIpc) is 3.33. The Morgan fingerprint density at radius 2 is 2.19 bits per heavy atom. The summed E-state index contributed by atoms with van der Waals surface area (Å²) in [6.07, 6.45) is 4.01. The summed E-state index contributed by atoms with van der Waals surface area (Å²) in [6, 6.07) is 9.46. The van der Waals surface area contributed by atoms with Crippen molar-refractivity contribution >= 4 is 40.1 Å². The molecule has 1 N–H and O–H groups in total. The topological polar surface area (TPSA) is 42.0 Å². The van der Waals surface area contributed by atoms with Crippen LogP contribution in [-0.2, 0) is 6.54 Å². The molecule has 0 unspecified atom stereocenters. The molecule has 1 heterocycles. The maximum absolute atomic E-state index is 12.3. The predicted molar refractivity (Wildman–Crippen MR) is 91.6 cm³/mol. The van der Waals surface area contributed by atoms with Crippen molar-refractivity contribution in [2.75, 3.05) is 0 Å². The van der Waals surface area contributed by atoms with Gasteiger partial charge < -0.3 is 5.32 Å². The lowest BCUT2D eigenvalue weighted by atomic mass is 10.1. The van der Waals surface area contributed by atoms with Gasteiger partial charge in [-0.05, 0) is 65.3 Å². The zero-order chi connectivity index (χ0) is 14.8. The molecule has 21 heavy (non-hydrogen) atoms. The Morgan fingerprint density at radius 3 is 2.90 bits per heavy atom. The molecule has 1 aliphatic rings. The van der Waals surface area contributed by atoms with Crippen molar-refractivity contribution in [1.29, 1.82) is 0 Å². The lowest BCUT2D eigenvalue weighted by Crippen LogP contribution is -2.24. The summed E-state index contributed by atoms with van der Waals surface area (Å²) in [5.74, 6) is 0.388. The predicted octanol–water partition coefficient (Wildman–Crippen LogP) is 4.15. The van der Waals surface area contributed by atoms with Crippen LogP contribution in [0.4, 0.5) is 0 Å². The first-order valence-electron chi connectivity index (χ1n) is 6.82. The van der Waals surface area contributed by atoms with Crippen LogP contribution in [0, 0.1) is 3.57 Å². The van der Waals surface area contributed by atoms with Crippen molar-refractivity contribution in [2.24, 2.45) is 0 Å². The molecule has 3 rings (SSSR count). The molecule has 0 aliphatic heterocycles. The highest BCUT2D eigenvalue weighted by molar-refractivity contribution is 14.1. The van der Waals surface area contributed by atoms with Crippen molar-refractivity contribution in [3.63, 3.8) is 0 Å². The van der Waals surface area contributed by atoms with Crippen LogP contribution in [-0.4, -0.2) is 10.9 Å². The van der Waals surface area contributed by atoms with Gasteiger partial charge in [0.05, 0.1) is 16.3 Å². The Bertz CT molecular complexity index is 686. The molecule has 0 saturated heterocycles. The smallest absolute Gasteiger partial charge is 0.253 e. The standard InChI is InChI=1S/C16H14ClIN2O/c17-13-8-10(3-6-14(13)18)9-20-16(21)12-2-1-7-19-15(12)11-4-5-11/h1-3,6-8,11H,4-5,9H2,(H,20,21). The van der Waals surface area contributed by atoms with Crippen LogP contribution in [0.5, 0.6) is 0 Å². The molecule has 2 aromatic rings. The van der Waals surface area contributed by atoms with Crippen molar-refractivity contribution in [3.8, 4) is 0 Å². The van der Waals surface area contributed by atoms with Gasteiger partial charge in [-0.15, -0.1) is 0 Å². The Hall–Kier alpha value is -1.14. The summed E-state index contributed by atoms with van der Waals surface area (Å²) in [5, 5.41) is 3.66. The molecule has 5 heteroatoms. The highest BCUT2D eigenvalue weighted by Crippen LogP contribution is 2.40. The van der Waals surface area contributed by atoms with E-state index in [1.165, 1.54) is 0 Å². The second kappa shape index (κ2) is 6.32. The first-order valence-corrected chi connectivity index (χ1v) is 8.28. The quantitative estimate of drug-likeness (QED) is 0.767. The van der Waals surface area contributed by atoms with E-state index in [-0.39, 0.29) is 5.91 Å². The molecule has 3 nitrogen and oxygen atoms in total. The number of carbonyl (C=O) groups excluding carboxylic acids is 1. The molecule has 1 saturated carbocycles. The Kier molecular flexibility index (Phi) is 4.45.